The van der Waals surface area contributed by atoms with E-state index in [1.54, 1.807) is 0 Å². The third-order valence-corrected chi connectivity index (χ3v) is 3.21. The highest BCUT2D eigenvalue weighted by atomic mass is 16.5. The van der Waals surface area contributed by atoms with Crippen molar-refractivity contribution < 1.29 is 9.53 Å². The van der Waals surface area contributed by atoms with Gasteiger partial charge in [-0.2, -0.15) is 0 Å². The van der Waals surface area contributed by atoms with Gasteiger partial charge in [-0.3, -0.25) is 4.79 Å². The highest BCUT2D eigenvalue weighted by Gasteiger charge is 2.32. The second kappa shape index (κ2) is 3.52. The number of rotatable bonds is 2. The number of fused-ring (bicyclic) bond motifs is 2. The van der Waals surface area contributed by atoms with Crippen LogP contribution in [0.15, 0.2) is 12.2 Å². The predicted molar refractivity (Wildman–Crippen MR) is 50.1 cm³/mol. The fourth-order valence-electron chi connectivity index (χ4n) is 2.47. The first-order valence-electron chi connectivity index (χ1n) is 5.07. The average molecular weight is 180 g/mol. The molecule has 72 valence electrons. The SMILES string of the molecule is CC(=O)OCC1CC2C=CC1CC2. The molecule has 3 rings (SSSR count). The summed E-state index contributed by atoms with van der Waals surface area (Å²) < 4.78 is 5.06. The molecule has 0 saturated heterocycles. The minimum absolute atomic E-state index is 0.148. The van der Waals surface area contributed by atoms with Crippen LogP contribution in [0.1, 0.15) is 26.2 Å². The van der Waals surface area contributed by atoms with E-state index in [4.69, 9.17) is 4.74 Å². The summed E-state index contributed by atoms with van der Waals surface area (Å²) in [4.78, 5) is 10.7. The van der Waals surface area contributed by atoms with Crippen LogP contribution in [0, 0.1) is 17.8 Å². The number of ether oxygens (including phenoxy) is 1. The smallest absolute Gasteiger partial charge is 0.302 e. The number of esters is 1. The predicted octanol–water partition coefficient (Wildman–Crippen LogP) is 2.15. The molecule has 0 N–H and O–H groups in total. The summed E-state index contributed by atoms with van der Waals surface area (Å²) in [5.41, 5.74) is 0. The van der Waals surface area contributed by atoms with Gasteiger partial charge in [-0.1, -0.05) is 12.2 Å². The number of hydrogen-bond acceptors (Lipinski definition) is 2. The summed E-state index contributed by atoms with van der Waals surface area (Å²) in [5, 5.41) is 0. The first-order chi connectivity index (χ1) is 6.25. The van der Waals surface area contributed by atoms with Crippen LogP contribution < -0.4 is 0 Å². The average Bonchev–Trinajstić information content (AvgIpc) is 2.17. The van der Waals surface area contributed by atoms with Crippen LogP contribution in [0.5, 0.6) is 0 Å². The molecule has 3 aliphatic carbocycles. The Bertz CT molecular complexity index is 232. The second-order valence-electron chi connectivity index (χ2n) is 4.18. The third-order valence-electron chi connectivity index (χ3n) is 3.21. The van der Waals surface area contributed by atoms with Crippen LogP contribution in [-0.4, -0.2) is 12.6 Å². The monoisotopic (exact) mass is 180 g/mol. The van der Waals surface area contributed by atoms with Crippen molar-refractivity contribution in [2.24, 2.45) is 17.8 Å². The lowest BCUT2D eigenvalue weighted by Crippen LogP contribution is -2.30. The van der Waals surface area contributed by atoms with Crippen LogP contribution in [0.2, 0.25) is 0 Å². The summed E-state index contributed by atoms with van der Waals surface area (Å²) in [6, 6.07) is 0. The largest absolute Gasteiger partial charge is 0.466 e. The Labute approximate surface area is 79.0 Å². The van der Waals surface area contributed by atoms with Gasteiger partial charge >= 0.3 is 5.97 Å². The summed E-state index contributed by atoms with van der Waals surface area (Å²) in [5.74, 6) is 1.87. The van der Waals surface area contributed by atoms with Crippen molar-refractivity contribution in [3.05, 3.63) is 12.2 Å². The minimum atomic E-state index is -0.148. The Balaban J connectivity index is 1.88. The Morgan fingerprint density at radius 3 is 2.77 bits per heavy atom. The maximum absolute atomic E-state index is 10.7. The Morgan fingerprint density at radius 1 is 1.46 bits per heavy atom. The third kappa shape index (κ3) is 1.93. The van der Waals surface area contributed by atoms with Gasteiger partial charge in [0.1, 0.15) is 0 Å². The van der Waals surface area contributed by atoms with E-state index in [1.807, 2.05) is 0 Å². The Hall–Kier alpha value is -0.790. The van der Waals surface area contributed by atoms with E-state index < -0.39 is 0 Å². The van der Waals surface area contributed by atoms with E-state index in [0.717, 1.165) is 5.92 Å². The van der Waals surface area contributed by atoms with Gasteiger partial charge in [0.15, 0.2) is 0 Å². The van der Waals surface area contributed by atoms with Crippen LogP contribution in [0.25, 0.3) is 0 Å². The maximum atomic E-state index is 10.7. The van der Waals surface area contributed by atoms with Crippen molar-refractivity contribution in [2.45, 2.75) is 26.2 Å². The molecule has 0 amide bonds. The molecule has 0 aromatic heterocycles. The molecule has 0 aliphatic heterocycles. The van der Waals surface area contributed by atoms with Gasteiger partial charge in [0.2, 0.25) is 0 Å². The first kappa shape index (κ1) is 8.79. The van der Waals surface area contributed by atoms with Crippen LogP contribution >= 0.6 is 0 Å². The Morgan fingerprint density at radius 2 is 2.31 bits per heavy atom. The molecule has 0 spiro atoms. The topological polar surface area (TPSA) is 26.3 Å². The highest BCUT2D eigenvalue weighted by Crippen LogP contribution is 2.40. The van der Waals surface area contributed by atoms with Crippen LogP contribution in [0.4, 0.5) is 0 Å². The molecule has 0 aromatic carbocycles. The second-order valence-corrected chi connectivity index (χ2v) is 4.18. The van der Waals surface area contributed by atoms with Crippen LogP contribution in [-0.2, 0) is 9.53 Å². The maximum Gasteiger partial charge on any atom is 0.302 e. The van der Waals surface area contributed by atoms with Gasteiger partial charge in [-0.15, -0.1) is 0 Å². The van der Waals surface area contributed by atoms with Crippen LogP contribution in [0.3, 0.4) is 0 Å². The molecule has 3 atom stereocenters. The van der Waals surface area contributed by atoms with Crippen molar-refractivity contribution in [1.82, 2.24) is 0 Å². The lowest BCUT2D eigenvalue weighted by atomic mass is 9.69. The molecule has 0 aromatic rings. The van der Waals surface area contributed by atoms with Gasteiger partial charge in [0.25, 0.3) is 0 Å². The number of carbonyl (C=O) groups excluding carboxylic acids is 1. The lowest BCUT2D eigenvalue weighted by Gasteiger charge is -2.37. The number of carbonyl (C=O) groups is 1. The van der Waals surface area contributed by atoms with E-state index in [0.29, 0.717) is 18.4 Å². The van der Waals surface area contributed by atoms with E-state index in [1.165, 1.54) is 26.2 Å². The molecule has 3 aliphatic rings. The fraction of sp³-hybridized carbons (Fsp3) is 0.727. The molecule has 2 bridgehead atoms. The molecule has 0 heterocycles. The van der Waals surface area contributed by atoms with Crippen molar-refractivity contribution >= 4 is 5.97 Å². The number of hydrogen-bond donors (Lipinski definition) is 0. The standard InChI is InChI=1S/C11H16O2/c1-8(12)13-7-11-6-9-2-4-10(11)5-3-9/h2,4,9-11H,3,5-7H2,1H3. The molecule has 13 heavy (non-hydrogen) atoms. The van der Waals surface area contributed by atoms with Crippen molar-refractivity contribution in [3.63, 3.8) is 0 Å². The van der Waals surface area contributed by atoms with E-state index in [9.17, 15) is 4.79 Å². The molecule has 2 nitrogen and oxygen atoms in total. The molecule has 1 saturated carbocycles. The van der Waals surface area contributed by atoms with E-state index in [2.05, 4.69) is 12.2 Å². The highest BCUT2D eigenvalue weighted by molar-refractivity contribution is 5.65. The first-order valence-corrected chi connectivity index (χ1v) is 5.07. The Kier molecular flexibility index (Phi) is 2.38. The van der Waals surface area contributed by atoms with E-state index in [-0.39, 0.29) is 5.97 Å². The van der Waals surface area contributed by atoms with Gasteiger partial charge < -0.3 is 4.74 Å². The summed E-state index contributed by atoms with van der Waals surface area (Å²) >= 11 is 0. The molecular formula is C11H16O2. The van der Waals surface area contributed by atoms with E-state index >= 15 is 0 Å². The van der Waals surface area contributed by atoms with Gasteiger partial charge in [-0.05, 0) is 37.0 Å². The van der Waals surface area contributed by atoms with Crippen molar-refractivity contribution in [1.29, 1.82) is 0 Å². The number of allylic oxidation sites excluding steroid dienone is 2. The lowest BCUT2D eigenvalue weighted by molar-refractivity contribution is -0.143. The zero-order chi connectivity index (χ0) is 9.26. The fourth-order valence-corrected chi connectivity index (χ4v) is 2.47. The van der Waals surface area contributed by atoms with Crippen molar-refractivity contribution in [2.75, 3.05) is 6.61 Å². The normalized spacial score (nSPS) is 36.2. The molecule has 2 heteroatoms. The van der Waals surface area contributed by atoms with Gasteiger partial charge in [-0.25, -0.2) is 0 Å². The molecule has 3 unspecified atom stereocenters. The summed E-state index contributed by atoms with van der Waals surface area (Å²) in [6.45, 7) is 2.11. The van der Waals surface area contributed by atoms with Gasteiger partial charge in [0.05, 0.1) is 6.61 Å². The summed E-state index contributed by atoms with van der Waals surface area (Å²) in [7, 11) is 0. The molecule has 0 radical (unpaired) electrons. The zero-order valence-corrected chi connectivity index (χ0v) is 8.03. The molecular weight excluding hydrogens is 164 g/mol. The quantitative estimate of drug-likeness (QED) is 0.481. The molecule has 1 fully saturated rings. The summed E-state index contributed by atoms with van der Waals surface area (Å²) in [6.07, 6.45) is 8.48. The minimum Gasteiger partial charge on any atom is -0.466 e. The zero-order valence-electron chi connectivity index (χ0n) is 8.03. The van der Waals surface area contributed by atoms with Gasteiger partial charge in [0, 0.05) is 6.92 Å². The van der Waals surface area contributed by atoms with Crippen molar-refractivity contribution in [3.8, 4) is 0 Å².